The molecule has 0 amide bonds. The molecule has 3 nitrogen and oxygen atoms in total. The van der Waals surface area contributed by atoms with E-state index in [2.05, 4.69) is 6.58 Å². The minimum absolute atomic E-state index is 0.127. The van der Waals surface area contributed by atoms with Gasteiger partial charge in [-0.1, -0.05) is 6.58 Å². The first-order valence-corrected chi connectivity index (χ1v) is 2.95. The Labute approximate surface area is 55.5 Å². The molecule has 0 N–H and O–H groups in total. The Kier molecular flexibility index (Phi) is 1.37. The van der Waals surface area contributed by atoms with Crippen LogP contribution in [0, 0.1) is 0 Å². The molecule has 0 aromatic heterocycles. The molecule has 1 saturated heterocycles. The van der Waals surface area contributed by atoms with Crippen LogP contribution in [0.2, 0.25) is 0 Å². The van der Waals surface area contributed by atoms with Gasteiger partial charge in [0.15, 0.2) is 6.23 Å². The van der Waals surface area contributed by atoms with Crippen molar-refractivity contribution in [3.63, 3.8) is 0 Å². The second kappa shape index (κ2) is 1.92. The summed E-state index contributed by atoms with van der Waals surface area (Å²) in [6.45, 7) is 5.77. The Balaban J connectivity index is 2.65. The van der Waals surface area contributed by atoms with Gasteiger partial charge in [0, 0.05) is 14.1 Å². The van der Waals surface area contributed by atoms with Crippen LogP contribution in [0.15, 0.2) is 12.4 Å². The molecule has 1 aliphatic rings. The van der Waals surface area contributed by atoms with Crippen molar-refractivity contribution in [2.24, 2.45) is 0 Å². The lowest BCUT2D eigenvalue weighted by Gasteiger charge is -2.12. The fourth-order valence-corrected chi connectivity index (χ4v) is 0.792. The lowest BCUT2D eigenvalue weighted by molar-refractivity contribution is -0.117. The summed E-state index contributed by atoms with van der Waals surface area (Å²) in [5.41, 5.74) is 0. The zero-order chi connectivity index (χ0) is 7.02. The van der Waals surface area contributed by atoms with Crippen LogP contribution in [0.3, 0.4) is 0 Å². The predicted molar refractivity (Wildman–Crippen MR) is 35.2 cm³/mol. The molecule has 1 aliphatic heterocycles. The summed E-state index contributed by atoms with van der Waals surface area (Å²) in [4.78, 5) is 7.22. The maximum atomic E-state index is 5.25. The number of hydrogen-bond acceptors (Lipinski definition) is 3. The average molecular weight is 128 g/mol. The molecule has 1 unspecified atom stereocenters. The Morgan fingerprint density at radius 2 is 2.11 bits per heavy atom. The number of rotatable bonds is 0. The summed E-state index contributed by atoms with van der Waals surface area (Å²) in [5.74, 6) is 0.905. The van der Waals surface area contributed by atoms with Gasteiger partial charge in [-0.05, 0) is 6.92 Å². The normalized spacial score (nSPS) is 27.9. The van der Waals surface area contributed by atoms with E-state index in [-0.39, 0.29) is 6.23 Å². The van der Waals surface area contributed by atoms with Crippen molar-refractivity contribution in [3.05, 3.63) is 12.4 Å². The Bertz CT molecular complexity index is 135. The molecule has 0 radical (unpaired) electrons. The smallest absolute Gasteiger partial charge is 0.155 e. The summed E-state index contributed by atoms with van der Waals surface area (Å²) in [5, 5.41) is 1.67. The van der Waals surface area contributed by atoms with Crippen LogP contribution in [-0.2, 0) is 4.84 Å². The SMILES string of the molecule is C=C1N(C)OC(C)N1C. The van der Waals surface area contributed by atoms with Crippen LogP contribution in [0.5, 0.6) is 0 Å². The third-order valence-corrected chi connectivity index (χ3v) is 1.63. The molecule has 0 aromatic carbocycles. The van der Waals surface area contributed by atoms with Crippen molar-refractivity contribution < 1.29 is 4.84 Å². The van der Waals surface area contributed by atoms with Crippen LogP contribution < -0.4 is 0 Å². The van der Waals surface area contributed by atoms with E-state index in [1.807, 2.05) is 25.9 Å². The second-order valence-corrected chi connectivity index (χ2v) is 2.23. The maximum Gasteiger partial charge on any atom is 0.155 e. The van der Waals surface area contributed by atoms with Gasteiger partial charge in [-0.25, -0.2) is 9.90 Å². The van der Waals surface area contributed by atoms with Gasteiger partial charge in [-0.3, -0.25) is 0 Å². The highest BCUT2D eigenvalue weighted by Crippen LogP contribution is 2.18. The minimum Gasteiger partial charge on any atom is -0.333 e. The van der Waals surface area contributed by atoms with Gasteiger partial charge in [0.1, 0.15) is 5.82 Å². The van der Waals surface area contributed by atoms with E-state index in [9.17, 15) is 0 Å². The Hall–Kier alpha value is -0.700. The first-order chi connectivity index (χ1) is 4.13. The molecular weight excluding hydrogens is 116 g/mol. The third kappa shape index (κ3) is 0.876. The largest absolute Gasteiger partial charge is 0.333 e. The molecule has 1 rings (SSSR count). The van der Waals surface area contributed by atoms with Crippen molar-refractivity contribution in [2.45, 2.75) is 13.2 Å². The third-order valence-electron chi connectivity index (χ3n) is 1.63. The molecule has 1 fully saturated rings. The standard InChI is InChI=1S/C6H12N2O/c1-5-7(3)6(2)9-8(5)4/h6H,1H2,2-4H3. The first kappa shape index (κ1) is 6.42. The van der Waals surface area contributed by atoms with Crippen LogP contribution in [0.1, 0.15) is 6.92 Å². The molecule has 1 atom stereocenters. The van der Waals surface area contributed by atoms with Crippen molar-refractivity contribution in [1.82, 2.24) is 9.96 Å². The average Bonchev–Trinajstić information content (AvgIpc) is 1.98. The quantitative estimate of drug-likeness (QED) is 0.475. The predicted octanol–water partition coefficient (Wildman–Crippen LogP) is 0.612. The lowest BCUT2D eigenvalue weighted by atomic mass is 10.5. The zero-order valence-electron chi connectivity index (χ0n) is 6.09. The maximum absolute atomic E-state index is 5.25. The summed E-state index contributed by atoms with van der Waals surface area (Å²) < 4.78 is 0. The van der Waals surface area contributed by atoms with E-state index in [1.165, 1.54) is 0 Å². The van der Waals surface area contributed by atoms with E-state index < -0.39 is 0 Å². The summed E-state index contributed by atoms with van der Waals surface area (Å²) in [6.07, 6.45) is 0.127. The molecule has 0 aromatic rings. The number of hydrogen-bond donors (Lipinski definition) is 0. The molecule has 9 heavy (non-hydrogen) atoms. The molecule has 0 spiro atoms. The highest BCUT2D eigenvalue weighted by molar-refractivity contribution is 4.91. The molecule has 52 valence electrons. The van der Waals surface area contributed by atoms with Gasteiger partial charge in [-0.2, -0.15) is 0 Å². The molecule has 0 aliphatic carbocycles. The Morgan fingerprint density at radius 3 is 2.22 bits per heavy atom. The summed E-state index contributed by atoms with van der Waals surface area (Å²) in [6, 6.07) is 0. The molecule has 1 heterocycles. The monoisotopic (exact) mass is 128 g/mol. The van der Waals surface area contributed by atoms with Gasteiger partial charge in [-0.15, -0.1) is 0 Å². The van der Waals surface area contributed by atoms with E-state index in [0.717, 1.165) is 5.82 Å². The Morgan fingerprint density at radius 1 is 1.56 bits per heavy atom. The number of hydroxylamine groups is 2. The highest BCUT2D eigenvalue weighted by atomic mass is 16.7. The highest BCUT2D eigenvalue weighted by Gasteiger charge is 2.24. The fourth-order valence-electron chi connectivity index (χ4n) is 0.792. The molecule has 0 saturated carbocycles. The summed E-state index contributed by atoms with van der Waals surface area (Å²) >= 11 is 0. The van der Waals surface area contributed by atoms with Crippen LogP contribution in [0.4, 0.5) is 0 Å². The second-order valence-electron chi connectivity index (χ2n) is 2.23. The van der Waals surface area contributed by atoms with E-state index in [0.29, 0.717) is 0 Å². The molecular formula is C6H12N2O. The van der Waals surface area contributed by atoms with Crippen molar-refractivity contribution in [2.75, 3.05) is 14.1 Å². The minimum atomic E-state index is 0.127. The lowest BCUT2D eigenvalue weighted by Crippen LogP contribution is -2.20. The van der Waals surface area contributed by atoms with Gasteiger partial charge in [0.2, 0.25) is 0 Å². The zero-order valence-corrected chi connectivity index (χ0v) is 6.09. The topological polar surface area (TPSA) is 15.7 Å². The van der Waals surface area contributed by atoms with Gasteiger partial charge in [0.05, 0.1) is 0 Å². The van der Waals surface area contributed by atoms with Gasteiger partial charge < -0.3 is 4.90 Å². The molecule has 3 heteroatoms. The molecule has 0 bridgehead atoms. The van der Waals surface area contributed by atoms with E-state index in [1.54, 1.807) is 5.06 Å². The van der Waals surface area contributed by atoms with Gasteiger partial charge in [0.25, 0.3) is 0 Å². The first-order valence-electron chi connectivity index (χ1n) is 2.95. The van der Waals surface area contributed by atoms with Crippen LogP contribution >= 0.6 is 0 Å². The van der Waals surface area contributed by atoms with Crippen LogP contribution in [0.25, 0.3) is 0 Å². The number of nitrogens with zero attached hydrogens (tertiary/aromatic N) is 2. The van der Waals surface area contributed by atoms with Crippen molar-refractivity contribution >= 4 is 0 Å². The van der Waals surface area contributed by atoms with Crippen molar-refractivity contribution in [3.8, 4) is 0 Å². The van der Waals surface area contributed by atoms with Gasteiger partial charge >= 0.3 is 0 Å². The summed E-state index contributed by atoms with van der Waals surface area (Å²) in [7, 11) is 3.80. The fraction of sp³-hybridized carbons (Fsp3) is 0.667. The van der Waals surface area contributed by atoms with Crippen molar-refractivity contribution in [1.29, 1.82) is 0 Å². The van der Waals surface area contributed by atoms with Crippen LogP contribution in [-0.4, -0.2) is 30.3 Å². The van der Waals surface area contributed by atoms with E-state index >= 15 is 0 Å². The van der Waals surface area contributed by atoms with E-state index in [4.69, 9.17) is 4.84 Å².